The van der Waals surface area contributed by atoms with E-state index in [2.05, 4.69) is 15.2 Å². The van der Waals surface area contributed by atoms with E-state index in [9.17, 15) is 9.59 Å². The van der Waals surface area contributed by atoms with Crippen LogP contribution in [0.1, 0.15) is 27.7 Å². The molecule has 2 heterocycles. The molecule has 1 atom stereocenters. The van der Waals surface area contributed by atoms with Crippen LogP contribution in [0, 0.1) is 0 Å². The molecule has 0 saturated carbocycles. The Morgan fingerprint density at radius 3 is 2.31 bits per heavy atom. The number of hydrogen-bond donors (Lipinski definition) is 1. The van der Waals surface area contributed by atoms with E-state index < -0.39 is 0 Å². The fraction of sp³-hybridized carbons (Fsp3) is 0.240. The molecule has 1 aliphatic heterocycles. The molecule has 32 heavy (non-hydrogen) atoms. The maximum atomic E-state index is 12.9. The Balaban J connectivity index is 1.36. The van der Waals surface area contributed by atoms with E-state index >= 15 is 0 Å². The summed E-state index contributed by atoms with van der Waals surface area (Å²) in [4.78, 5) is 33.5. The van der Waals surface area contributed by atoms with Crippen LogP contribution in [0.5, 0.6) is 0 Å². The van der Waals surface area contributed by atoms with Gasteiger partial charge in [-0.3, -0.25) is 19.5 Å². The predicted molar refractivity (Wildman–Crippen MR) is 124 cm³/mol. The summed E-state index contributed by atoms with van der Waals surface area (Å²) in [6.07, 6.45) is 1.62. The van der Waals surface area contributed by atoms with Crippen LogP contribution < -0.4 is 5.32 Å². The highest BCUT2D eigenvalue weighted by Crippen LogP contribution is 2.24. The van der Waals surface area contributed by atoms with E-state index in [-0.39, 0.29) is 24.4 Å². The first kappa shape index (κ1) is 22.0. The Bertz CT molecular complexity index is 1050. The SMILES string of the molecule is O=C(CN1CCN(C(=O)c2ccccn2)CC1)NC(c1ccccc1)c1cccc(Cl)c1. The fourth-order valence-electron chi connectivity index (χ4n) is 3.86. The van der Waals surface area contributed by atoms with Gasteiger partial charge in [-0.15, -0.1) is 0 Å². The van der Waals surface area contributed by atoms with Crippen LogP contribution >= 0.6 is 11.6 Å². The normalized spacial score (nSPS) is 15.2. The lowest BCUT2D eigenvalue weighted by Crippen LogP contribution is -2.51. The minimum absolute atomic E-state index is 0.0664. The molecule has 3 aromatic rings. The van der Waals surface area contributed by atoms with Gasteiger partial charge in [-0.25, -0.2) is 0 Å². The molecule has 1 fully saturated rings. The molecule has 0 radical (unpaired) electrons. The Morgan fingerprint density at radius 1 is 0.906 bits per heavy atom. The largest absolute Gasteiger partial charge is 0.344 e. The summed E-state index contributed by atoms with van der Waals surface area (Å²) in [6, 6.07) is 22.4. The van der Waals surface area contributed by atoms with Crippen molar-refractivity contribution < 1.29 is 9.59 Å². The number of nitrogens with one attached hydrogen (secondary N) is 1. The van der Waals surface area contributed by atoms with Gasteiger partial charge in [0.2, 0.25) is 5.91 Å². The molecular weight excluding hydrogens is 424 g/mol. The number of carbonyl (C=O) groups excluding carboxylic acids is 2. The van der Waals surface area contributed by atoms with Crippen molar-refractivity contribution in [2.45, 2.75) is 6.04 Å². The molecule has 1 aliphatic rings. The molecule has 4 rings (SSSR count). The lowest BCUT2D eigenvalue weighted by atomic mass is 9.98. The molecule has 1 aromatic heterocycles. The second-order valence-corrected chi connectivity index (χ2v) is 8.19. The summed E-state index contributed by atoms with van der Waals surface area (Å²) in [5.41, 5.74) is 2.38. The van der Waals surface area contributed by atoms with Crippen molar-refractivity contribution in [1.29, 1.82) is 0 Å². The minimum Gasteiger partial charge on any atom is -0.344 e. The molecule has 164 valence electrons. The summed E-state index contributed by atoms with van der Waals surface area (Å²) in [5.74, 6) is -0.136. The Morgan fingerprint density at radius 2 is 1.62 bits per heavy atom. The number of hydrogen-bond acceptors (Lipinski definition) is 4. The number of carbonyl (C=O) groups is 2. The van der Waals surface area contributed by atoms with Crippen molar-refractivity contribution in [1.82, 2.24) is 20.1 Å². The third-order valence-corrected chi connectivity index (χ3v) is 5.77. The van der Waals surface area contributed by atoms with E-state index in [1.54, 1.807) is 23.2 Å². The van der Waals surface area contributed by atoms with Crippen LogP contribution in [0.2, 0.25) is 5.02 Å². The smallest absolute Gasteiger partial charge is 0.272 e. The molecule has 0 spiro atoms. The Labute approximate surface area is 192 Å². The topological polar surface area (TPSA) is 65.5 Å². The van der Waals surface area contributed by atoms with Crippen LogP contribution in [0.3, 0.4) is 0 Å². The van der Waals surface area contributed by atoms with Crippen LogP contribution in [-0.4, -0.2) is 59.3 Å². The van der Waals surface area contributed by atoms with Gasteiger partial charge in [0.25, 0.3) is 5.91 Å². The molecule has 1 N–H and O–H groups in total. The van der Waals surface area contributed by atoms with Crippen molar-refractivity contribution in [3.63, 3.8) is 0 Å². The van der Waals surface area contributed by atoms with E-state index in [1.807, 2.05) is 60.7 Å². The third-order valence-electron chi connectivity index (χ3n) is 5.53. The van der Waals surface area contributed by atoms with Crippen molar-refractivity contribution in [3.8, 4) is 0 Å². The zero-order valence-corrected chi connectivity index (χ0v) is 18.4. The lowest BCUT2D eigenvalue weighted by molar-refractivity contribution is -0.123. The third kappa shape index (κ3) is 5.52. The van der Waals surface area contributed by atoms with Crippen molar-refractivity contribution in [3.05, 3.63) is 101 Å². The molecule has 7 heteroatoms. The number of rotatable bonds is 6. The second-order valence-electron chi connectivity index (χ2n) is 7.75. The van der Waals surface area contributed by atoms with Gasteiger partial charge in [0.1, 0.15) is 5.69 Å². The van der Waals surface area contributed by atoms with E-state index in [0.717, 1.165) is 11.1 Å². The highest BCUT2D eigenvalue weighted by Gasteiger charge is 2.25. The first-order valence-electron chi connectivity index (χ1n) is 10.6. The molecule has 0 bridgehead atoms. The number of nitrogens with zero attached hydrogens (tertiary/aromatic N) is 3. The van der Waals surface area contributed by atoms with Crippen LogP contribution in [0.4, 0.5) is 0 Å². The number of aromatic nitrogens is 1. The van der Waals surface area contributed by atoms with Crippen LogP contribution in [0.25, 0.3) is 0 Å². The average Bonchev–Trinajstić information content (AvgIpc) is 2.84. The highest BCUT2D eigenvalue weighted by molar-refractivity contribution is 6.30. The average molecular weight is 449 g/mol. The summed E-state index contributed by atoms with van der Waals surface area (Å²) in [7, 11) is 0. The summed E-state index contributed by atoms with van der Waals surface area (Å²) in [5, 5.41) is 3.79. The van der Waals surface area contributed by atoms with Gasteiger partial charge in [0.15, 0.2) is 0 Å². The quantitative estimate of drug-likeness (QED) is 0.627. The van der Waals surface area contributed by atoms with Gasteiger partial charge in [0, 0.05) is 37.4 Å². The van der Waals surface area contributed by atoms with Gasteiger partial charge >= 0.3 is 0 Å². The second kappa shape index (κ2) is 10.4. The molecule has 1 saturated heterocycles. The number of benzene rings is 2. The molecule has 6 nitrogen and oxygen atoms in total. The highest BCUT2D eigenvalue weighted by atomic mass is 35.5. The lowest BCUT2D eigenvalue weighted by Gasteiger charge is -2.34. The maximum Gasteiger partial charge on any atom is 0.272 e. The van der Waals surface area contributed by atoms with Crippen molar-refractivity contribution in [2.24, 2.45) is 0 Å². The number of halogens is 1. The minimum atomic E-state index is -0.283. The first-order valence-corrected chi connectivity index (χ1v) is 11.0. The van der Waals surface area contributed by atoms with Crippen molar-refractivity contribution >= 4 is 23.4 Å². The number of piperazine rings is 1. The maximum absolute atomic E-state index is 12.9. The monoisotopic (exact) mass is 448 g/mol. The summed E-state index contributed by atoms with van der Waals surface area (Å²) in [6.45, 7) is 2.69. The van der Waals surface area contributed by atoms with Gasteiger partial charge in [-0.2, -0.15) is 0 Å². The standard InChI is InChI=1S/C25H25ClN4O2/c26-21-10-6-9-20(17-21)24(19-7-2-1-3-8-19)28-23(31)18-29-13-15-30(16-14-29)25(32)22-11-4-5-12-27-22/h1-12,17,24H,13-16,18H2,(H,28,31). The van der Waals surface area contributed by atoms with E-state index in [1.165, 1.54) is 0 Å². The zero-order valence-electron chi connectivity index (χ0n) is 17.7. The molecule has 2 amide bonds. The summed E-state index contributed by atoms with van der Waals surface area (Å²) < 4.78 is 0. The van der Waals surface area contributed by atoms with Gasteiger partial charge in [-0.05, 0) is 35.4 Å². The molecular formula is C25H25ClN4O2. The molecule has 1 unspecified atom stereocenters. The number of amides is 2. The van der Waals surface area contributed by atoms with Crippen LogP contribution in [-0.2, 0) is 4.79 Å². The number of pyridine rings is 1. The van der Waals surface area contributed by atoms with Gasteiger partial charge < -0.3 is 10.2 Å². The van der Waals surface area contributed by atoms with Crippen LogP contribution in [0.15, 0.2) is 79.0 Å². The van der Waals surface area contributed by atoms with E-state index in [4.69, 9.17) is 11.6 Å². The fourth-order valence-corrected chi connectivity index (χ4v) is 4.06. The van der Waals surface area contributed by atoms with Crippen molar-refractivity contribution in [2.75, 3.05) is 32.7 Å². The summed E-state index contributed by atoms with van der Waals surface area (Å²) >= 11 is 6.19. The predicted octanol–water partition coefficient (Wildman–Crippen LogP) is 3.40. The van der Waals surface area contributed by atoms with Gasteiger partial charge in [0.05, 0.1) is 12.6 Å². The molecule has 2 aromatic carbocycles. The zero-order chi connectivity index (χ0) is 22.3. The van der Waals surface area contributed by atoms with E-state index in [0.29, 0.717) is 36.9 Å². The first-order chi connectivity index (χ1) is 15.6. The Hall–Kier alpha value is -3.22. The Kier molecular flexibility index (Phi) is 7.14. The molecule has 0 aliphatic carbocycles. The van der Waals surface area contributed by atoms with Gasteiger partial charge in [-0.1, -0.05) is 60.1 Å².